The lowest BCUT2D eigenvalue weighted by Crippen LogP contribution is -2.09. The van der Waals surface area contributed by atoms with Crippen molar-refractivity contribution in [3.63, 3.8) is 0 Å². The van der Waals surface area contributed by atoms with E-state index in [0.29, 0.717) is 30.1 Å². The maximum atomic E-state index is 13.0. The molecule has 0 aliphatic carbocycles. The lowest BCUT2D eigenvalue weighted by atomic mass is 10.1. The first-order valence-electron chi connectivity index (χ1n) is 12.0. The molecule has 0 N–H and O–H groups in total. The van der Waals surface area contributed by atoms with E-state index in [2.05, 4.69) is 4.98 Å². The molecule has 3 aromatic carbocycles. The number of esters is 1. The highest BCUT2D eigenvalue weighted by molar-refractivity contribution is 6.06. The van der Waals surface area contributed by atoms with Crippen LogP contribution in [-0.4, -0.2) is 30.0 Å². The molecule has 4 rings (SSSR count). The summed E-state index contributed by atoms with van der Waals surface area (Å²) in [7, 11) is 0. The van der Waals surface area contributed by atoms with Crippen molar-refractivity contribution >= 4 is 17.8 Å². The van der Waals surface area contributed by atoms with Crippen LogP contribution in [0.25, 0.3) is 6.08 Å². The largest absolute Gasteiger partial charge is 0.493 e. The number of nitrogens with zero attached hydrogens (tertiary/aromatic N) is 1. The van der Waals surface area contributed by atoms with Crippen LogP contribution >= 0.6 is 0 Å². The Balaban J connectivity index is 1.18. The van der Waals surface area contributed by atoms with Crippen LogP contribution < -0.4 is 9.47 Å². The number of ketones is 1. The first-order valence-corrected chi connectivity index (χ1v) is 12.0. The third-order valence-corrected chi connectivity index (χ3v) is 5.44. The lowest BCUT2D eigenvalue weighted by molar-refractivity contribution is 0.0485. The van der Waals surface area contributed by atoms with Crippen molar-refractivity contribution < 1.29 is 28.2 Å². The van der Waals surface area contributed by atoms with Crippen LogP contribution in [0.1, 0.15) is 38.3 Å². The summed E-state index contributed by atoms with van der Waals surface area (Å²) in [5, 5.41) is 0. The van der Waals surface area contributed by atoms with E-state index in [4.69, 9.17) is 14.2 Å². The number of pyridine rings is 1. The van der Waals surface area contributed by atoms with Gasteiger partial charge < -0.3 is 14.2 Å². The van der Waals surface area contributed by atoms with Gasteiger partial charge in [-0.2, -0.15) is 0 Å². The van der Waals surface area contributed by atoms with Crippen LogP contribution in [-0.2, 0) is 4.74 Å². The molecule has 6 nitrogen and oxygen atoms in total. The Hall–Kier alpha value is -4.78. The number of carbonyl (C=O) groups excluding carboxylic acids is 2. The second kappa shape index (κ2) is 13.0. The minimum atomic E-state index is -0.516. The van der Waals surface area contributed by atoms with Crippen LogP contribution in [0, 0.1) is 12.7 Å². The lowest BCUT2D eigenvalue weighted by Gasteiger charge is -2.09. The van der Waals surface area contributed by atoms with Crippen molar-refractivity contribution in [2.75, 3.05) is 13.2 Å². The van der Waals surface area contributed by atoms with Crippen molar-refractivity contribution in [3.8, 4) is 17.4 Å². The Bertz CT molecular complexity index is 1400. The third kappa shape index (κ3) is 7.86. The van der Waals surface area contributed by atoms with Gasteiger partial charge in [0.25, 0.3) is 0 Å². The Morgan fingerprint density at radius 3 is 2.29 bits per heavy atom. The standard InChI is InChI=1S/C31H26FNO5/c1-22-3-5-23(6-4-22)7-16-29(34)24-8-12-27(13-9-24)36-19-2-20-37-31(35)25-17-18-33-30(21-25)38-28-14-10-26(32)11-15-28/h3-18,21H,2,19-20H2,1H3/b16-7+. The number of aryl methyl sites for hydroxylation is 1. The second-order valence-electron chi connectivity index (χ2n) is 8.41. The van der Waals surface area contributed by atoms with Crippen LogP contribution in [0.4, 0.5) is 4.39 Å². The van der Waals surface area contributed by atoms with Crippen molar-refractivity contribution in [2.45, 2.75) is 13.3 Å². The molecule has 0 saturated carbocycles. The topological polar surface area (TPSA) is 74.7 Å². The number of allylic oxidation sites excluding steroid dienone is 1. The Labute approximate surface area is 220 Å². The molecule has 0 fully saturated rings. The van der Waals surface area contributed by atoms with Gasteiger partial charge in [-0.25, -0.2) is 14.2 Å². The monoisotopic (exact) mass is 511 g/mol. The van der Waals surface area contributed by atoms with E-state index in [0.717, 1.165) is 5.56 Å². The summed E-state index contributed by atoms with van der Waals surface area (Å²) >= 11 is 0. The average molecular weight is 512 g/mol. The third-order valence-electron chi connectivity index (χ3n) is 5.44. The summed E-state index contributed by atoms with van der Waals surface area (Å²) in [6.07, 6.45) is 5.26. The molecule has 1 heterocycles. The number of halogens is 1. The van der Waals surface area contributed by atoms with E-state index in [1.54, 1.807) is 36.4 Å². The first-order chi connectivity index (χ1) is 18.5. The maximum Gasteiger partial charge on any atom is 0.338 e. The minimum absolute atomic E-state index is 0.0913. The Morgan fingerprint density at radius 2 is 1.55 bits per heavy atom. The van der Waals surface area contributed by atoms with E-state index < -0.39 is 5.97 Å². The summed E-state index contributed by atoms with van der Waals surface area (Å²) in [6, 6.07) is 23.3. The Kier molecular flexibility index (Phi) is 8.97. The van der Waals surface area contributed by atoms with Crippen LogP contribution in [0.15, 0.2) is 97.2 Å². The van der Waals surface area contributed by atoms with Gasteiger partial charge in [0.05, 0.1) is 18.8 Å². The highest BCUT2D eigenvalue weighted by atomic mass is 19.1. The molecule has 0 aliphatic heterocycles. The molecule has 0 spiro atoms. The van der Waals surface area contributed by atoms with Gasteiger partial charge in [0, 0.05) is 24.2 Å². The molecule has 1 aromatic heterocycles. The van der Waals surface area contributed by atoms with E-state index in [-0.39, 0.29) is 29.7 Å². The van der Waals surface area contributed by atoms with Crippen LogP contribution in [0.5, 0.6) is 17.4 Å². The normalized spacial score (nSPS) is 10.8. The van der Waals surface area contributed by atoms with Gasteiger partial charge in [-0.05, 0) is 73.2 Å². The molecule has 0 amide bonds. The molecule has 0 atom stereocenters. The molecule has 192 valence electrons. The van der Waals surface area contributed by atoms with Gasteiger partial charge in [-0.15, -0.1) is 0 Å². The maximum absolute atomic E-state index is 13.0. The second-order valence-corrected chi connectivity index (χ2v) is 8.41. The highest BCUT2D eigenvalue weighted by Gasteiger charge is 2.10. The Morgan fingerprint density at radius 1 is 0.842 bits per heavy atom. The molecule has 0 saturated heterocycles. The number of benzene rings is 3. The predicted octanol–water partition coefficient (Wildman–Crippen LogP) is 6.84. The van der Waals surface area contributed by atoms with Crippen molar-refractivity contribution in [1.82, 2.24) is 4.98 Å². The SMILES string of the molecule is Cc1ccc(/C=C/C(=O)c2ccc(OCCCOC(=O)c3ccnc(Oc4ccc(F)cc4)c3)cc2)cc1. The number of carbonyl (C=O) groups is 2. The van der Waals surface area contributed by atoms with Crippen LogP contribution in [0.2, 0.25) is 0 Å². The predicted molar refractivity (Wildman–Crippen MR) is 142 cm³/mol. The molecule has 4 aromatic rings. The smallest absolute Gasteiger partial charge is 0.338 e. The molecule has 38 heavy (non-hydrogen) atoms. The molecule has 0 aliphatic rings. The zero-order valence-corrected chi connectivity index (χ0v) is 20.8. The summed E-state index contributed by atoms with van der Waals surface area (Å²) in [4.78, 5) is 28.8. The number of hydrogen-bond acceptors (Lipinski definition) is 6. The van der Waals surface area contributed by atoms with Crippen molar-refractivity contribution in [3.05, 3.63) is 125 Å². The zero-order chi connectivity index (χ0) is 26.7. The number of aromatic nitrogens is 1. The van der Waals surface area contributed by atoms with E-state index in [1.807, 2.05) is 31.2 Å². The molecule has 0 bridgehead atoms. The molecule has 7 heteroatoms. The van der Waals surface area contributed by atoms with Gasteiger partial charge in [-0.3, -0.25) is 4.79 Å². The quantitative estimate of drug-likeness (QED) is 0.0950. The number of rotatable bonds is 11. The zero-order valence-electron chi connectivity index (χ0n) is 20.8. The highest BCUT2D eigenvalue weighted by Crippen LogP contribution is 2.21. The van der Waals surface area contributed by atoms with Gasteiger partial charge in [0.2, 0.25) is 5.88 Å². The summed E-state index contributed by atoms with van der Waals surface area (Å²) in [5.74, 6) is 0.233. The fourth-order valence-corrected chi connectivity index (χ4v) is 3.37. The van der Waals surface area contributed by atoms with Gasteiger partial charge in [0.1, 0.15) is 17.3 Å². The van der Waals surface area contributed by atoms with Crippen molar-refractivity contribution in [1.29, 1.82) is 0 Å². The molecular formula is C31H26FNO5. The van der Waals surface area contributed by atoms with Crippen molar-refractivity contribution in [2.24, 2.45) is 0 Å². The van der Waals surface area contributed by atoms with Gasteiger partial charge in [-0.1, -0.05) is 35.9 Å². The molecule has 0 radical (unpaired) electrons. The van der Waals surface area contributed by atoms with Crippen LogP contribution in [0.3, 0.4) is 0 Å². The van der Waals surface area contributed by atoms with E-state index >= 15 is 0 Å². The first kappa shape index (κ1) is 26.3. The summed E-state index contributed by atoms with van der Waals surface area (Å²) in [6.45, 7) is 2.51. The summed E-state index contributed by atoms with van der Waals surface area (Å²) < 4.78 is 29.6. The van der Waals surface area contributed by atoms with E-state index in [1.165, 1.54) is 48.2 Å². The fourth-order valence-electron chi connectivity index (χ4n) is 3.37. The fraction of sp³-hybridized carbons (Fsp3) is 0.129. The summed E-state index contributed by atoms with van der Waals surface area (Å²) in [5.41, 5.74) is 2.98. The van der Waals surface area contributed by atoms with Gasteiger partial charge in [0.15, 0.2) is 5.78 Å². The van der Waals surface area contributed by atoms with E-state index in [9.17, 15) is 14.0 Å². The molecule has 0 unspecified atom stereocenters. The number of ether oxygens (including phenoxy) is 3. The van der Waals surface area contributed by atoms with Gasteiger partial charge >= 0.3 is 5.97 Å². The number of hydrogen-bond donors (Lipinski definition) is 0. The minimum Gasteiger partial charge on any atom is -0.493 e. The average Bonchev–Trinajstić information content (AvgIpc) is 2.94. The molecular weight excluding hydrogens is 485 g/mol.